The molecule has 0 radical (unpaired) electrons. The highest BCUT2D eigenvalue weighted by Crippen LogP contribution is 2.54. The second kappa shape index (κ2) is 6.41. The van der Waals surface area contributed by atoms with Crippen LogP contribution >= 0.6 is 0 Å². The summed E-state index contributed by atoms with van der Waals surface area (Å²) in [6.07, 6.45) is 3.65. The van der Waals surface area contributed by atoms with E-state index in [1.807, 2.05) is 19.1 Å². The standard InChI is InChI=1S/C19H25NO5/c1-10(2)18(22)24-15(12(4)23-13(5)21)9-14-8-11(3)17-19(14)16(25-19)6-7-20-17/h8-10,12,15-16H,6-7H2,1-5H3/t12-,15+,16-,19-/m0/s1. The van der Waals surface area contributed by atoms with Crippen LogP contribution in [0.3, 0.4) is 0 Å². The fourth-order valence-electron chi connectivity index (χ4n) is 3.50. The maximum Gasteiger partial charge on any atom is 0.309 e. The SMILES string of the molecule is CC(=O)O[C@@H](C)[C@@H](C=C1C=C(C)C2=NCC[C@@H]3O[C@]123)OC(=O)C(C)C. The number of hydrogen-bond acceptors (Lipinski definition) is 6. The average molecular weight is 347 g/mol. The summed E-state index contributed by atoms with van der Waals surface area (Å²) in [4.78, 5) is 28.0. The van der Waals surface area contributed by atoms with Crippen LogP contribution in [-0.2, 0) is 23.8 Å². The smallest absolute Gasteiger partial charge is 0.309 e. The molecule has 3 rings (SSSR count). The Bertz CT molecular complexity index is 690. The molecule has 0 bridgehead atoms. The van der Waals surface area contributed by atoms with Crippen molar-refractivity contribution in [2.75, 3.05) is 6.54 Å². The molecule has 25 heavy (non-hydrogen) atoms. The molecule has 136 valence electrons. The van der Waals surface area contributed by atoms with Gasteiger partial charge in [0.05, 0.1) is 11.6 Å². The average Bonchev–Trinajstić information content (AvgIpc) is 3.21. The lowest BCUT2D eigenvalue weighted by Crippen LogP contribution is -2.35. The molecule has 0 aromatic rings. The quantitative estimate of drug-likeness (QED) is 0.564. The first-order valence-electron chi connectivity index (χ1n) is 8.77. The Balaban J connectivity index is 1.90. The molecule has 0 N–H and O–H groups in total. The third-order valence-corrected chi connectivity index (χ3v) is 4.79. The van der Waals surface area contributed by atoms with Crippen LogP contribution in [0, 0.1) is 5.92 Å². The van der Waals surface area contributed by atoms with Crippen LogP contribution in [-0.4, -0.2) is 48.1 Å². The number of aliphatic imine (C=N–C) groups is 1. The highest BCUT2D eigenvalue weighted by Gasteiger charge is 2.65. The molecule has 0 unspecified atom stereocenters. The Hall–Kier alpha value is -1.95. The lowest BCUT2D eigenvalue weighted by atomic mass is 9.90. The molecule has 0 amide bonds. The molecule has 6 heteroatoms. The molecule has 0 aromatic carbocycles. The number of nitrogens with zero attached hydrogens (tertiary/aromatic N) is 1. The van der Waals surface area contributed by atoms with Crippen LogP contribution in [0.2, 0.25) is 0 Å². The molecule has 6 nitrogen and oxygen atoms in total. The van der Waals surface area contributed by atoms with E-state index in [9.17, 15) is 9.59 Å². The normalized spacial score (nSPS) is 30.8. The monoisotopic (exact) mass is 347 g/mol. The Kier molecular flexibility index (Phi) is 4.58. The molecule has 0 saturated carbocycles. The van der Waals surface area contributed by atoms with E-state index in [-0.39, 0.29) is 18.0 Å². The van der Waals surface area contributed by atoms with Crippen molar-refractivity contribution in [3.8, 4) is 0 Å². The van der Waals surface area contributed by atoms with E-state index in [0.717, 1.165) is 29.8 Å². The zero-order chi connectivity index (χ0) is 18.4. The summed E-state index contributed by atoms with van der Waals surface area (Å²) in [5.41, 5.74) is 2.50. The van der Waals surface area contributed by atoms with Crippen molar-refractivity contribution in [2.45, 2.75) is 65.0 Å². The number of carbonyl (C=O) groups excluding carboxylic acids is 2. The van der Waals surface area contributed by atoms with Gasteiger partial charge in [-0.05, 0) is 37.5 Å². The van der Waals surface area contributed by atoms with Crippen molar-refractivity contribution >= 4 is 17.7 Å². The first-order chi connectivity index (χ1) is 11.8. The molecule has 2 aliphatic heterocycles. The number of carbonyl (C=O) groups is 2. The minimum Gasteiger partial charge on any atom is -0.459 e. The molecule has 1 aliphatic carbocycles. The van der Waals surface area contributed by atoms with Gasteiger partial charge in [-0.3, -0.25) is 14.6 Å². The third kappa shape index (κ3) is 3.15. The zero-order valence-corrected chi connectivity index (χ0v) is 15.4. The van der Waals surface area contributed by atoms with E-state index in [0.29, 0.717) is 0 Å². The van der Waals surface area contributed by atoms with Crippen molar-refractivity contribution in [3.63, 3.8) is 0 Å². The molecule has 0 aromatic heterocycles. The van der Waals surface area contributed by atoms with Gasteiger partial charge in [0.1, 0.15) is 12.2 Å². The van der Waals surface area contributed by atoms with Gasteiger partial charge >= 0.3 is 11.9 Å². The number of hydrogen-bond donors (Lipinski definition) is 0. The maximum atomic E-state index is 12.1. The van der Waals surface area contributed by atoms with Crippen LogP contribution in [0.25, 0.3) is 0 Å². The minimum atomic E-state index is -0.668. The van der Waals surface area contributed by atoms with Gasteiger partial charge in [-0.2, -0.15) is 0 Å². The fraction of sp³-hybridized carbons (Fsp3) is 0.632. The Morgan fingerprint density at radius 3 is 2.72 bits per heavy atom. The van der Waals surface area contributed by atoms with Crippen molar-refractivity contribution in [3.05, 3.63) is 23.3 Å². The largest absolute Gasteiger partial charge is 0.459 e. The van der Waals surface area contributed by atoms with Crippen LogP contribution in [0.5, 0.6) is 0 Å². The molecule has 1 fully saturated rings. The summed E-state index contributed by atoms with van der Waals surface area (Å²) < 4.78 is 16.8. The predicted molar refractivity (Wildman–Crippen MR) is 92.3 cm³/mol. The van der Waals surface area contributed by atoms with Gasteiger partial charge in [0.25, 0.3) is 0 Å². The van der Waals surface area contributed by atoms with E-state index in [1.165, 1.54) is 6.92 Å². The topological polar surface area (TPSA) is 77.5 Å². The number of ether oxygens (including phenoxy) is 3. The van der Waals surface area contributed by atoms with E-state index in [4.69, 9.17) is 14.2 Å². The molecular weight excluding hydrogens is 322 g/mol. The van der Waals surface area contributed by atoms with E-state index in [1.54, 1.807) is 20.8 Å². The number of epoxide rings is 1. The van der Waals surface area contributed by atoms with E-state index >= 15 is 0 Å². The molecule has 2 heterocycles. The second-order valence-electron chi connectivity index (χ2n) is 7.18. The highest BCUT2D eigenvalue weighted by molar-refractivity contribution is 6.15. The molecule has 1 spiro atoms. The van der Waals surface area contributed by atoms with Gasteiger partial charge in [0.15, 0.2) is 11.7 Å². The van der Waals surface area contributed by atoms with Crippen LogP contribution in [0.15, 0.2) is 28.3 Å². The summed E-state index contributed by atoms with van der Waals surface area (Å²) in [6.45, 7) is 9.39. The van der Waals surface area contributed by atoms with Crippen molar-refractivity contribution in [1.29, 1.82) is 0 Å². The summed E-state index contributed by atoms with van der Waals surface area (Å²) in [5, 5.41) is 0. The highest BCUT2D eigenvalue weighted by atomic mass is 16.6. The van der Waals surface area contributed by atoms with Crippen molar-refractivity contribution < 1.29 is 23.8 Å². The summed E-state index contributed by atoms with van der Waals surface area (Å²) >= 11 is 0. The Labute approximate surface area is 147 Å². The third-order valence-electron chi connectivity index (χ3n) is 4.79. The zero-order valence-electron chi connectivity index (χ0n) is 15.4. The first-order valence-corrected chi connectivity index (χ1v) is 8.77. The number of esters is 2. The lowest BCUT2D eigenvalue weighted by Gasteiger charge is -2.23. The van der Waals surface area contributed by atoms with Crippen molar-refractivity contribution in [1.82, 2.24) is 0 Å². The summed E-state index contributed by atoms with van der Waals surface area (Å²) in [6, 6.07) is 0. The minimum absolute atomic E-state index is 0.130. The van der Waals surface area contributed by atoms with Gasteiger partial charge in [0, 0.05) is 13.5 Å². The Morgan fingerprint density at radius 2 is 2.08 bits per heavy atom. The molecule has 1 saturated heterocycles. The summed E-state index contributed by atoms with van der Waals surface area (Å²) in [5.74, 6) is -1.00. The van der Waals surface area contributed by atoms with Gasteiger partial charge < -0.3 is 14.2 Å². The van der Waals surface area contributed by atoms with Gasteiger partial charge in [-0.25, -0.2) is 0 Å². The van der Waals surface area contributed by atoms with Gasteiger partial charge in [0.2, 0.25) is 0 Å². The number of rotatable bonds is 5. The molecule has 4 atom stereocenters. The van der Waals surface area contributed by atoms with Gasteiger partial charge in [-0.1, -0.05) is 19.9 Å². The fourth-order valence-corrected chi connectivity index (χ4v) is 3.50. The first kappa shape index (κ1) is 17.9. The van der Waals surface area contributed by atoms with Crippen LogP contribution in [0.4, 0.5) is 0 Å². The lowest BCUT2D eigenvalue weighted by molar-refractivity contribution is -0.164. The Morgan fingerprint density at radius 1 is 1.36 bits per heavy atom. The van der Waals surface area contributed by atoms with E-state index < -0.39 is 23.8 Å². The molecular formula is C19H25NO5. The molecule has 3 aliphatic rings. The van der Waals surface area contributed by atoms with E-state index in [2.05, 4.69) is 4.99 Å². The van der Waals surface area contributed by atoms with Crippen LogP contribution in [0.1, 0.15) is 41.0 Å². The van der Waals surface area contributed by atoms with Gasteiger partial charge in [-0.15, -0.1) is 0 Å². The second-order valence-corrected chi connectivity index (χ2v) is 7.18. The van der Waals surface area contributed by atoms with Crippen LogP contribution < -0.4 is 0 Å². The van der Waals surface area contributed by atoms with Crippen molar-refractivity contribution in [2.24, 2.45) is 10.9 Å². The maximum absolute atomic E-state index is 12.1. The summed E-state index contributed by atoms with van der Waals surface area (Å²) in [7, 11) is 0. The predicted octanol–water partition coefficient (Wildman–Crippen LogP) is 2.37.